The first-order valence-electron chi connectivity index (χ1n) is 10.3. The smallest absolute Gasteiger partial charge is 0.244 e. The zero-order chi connectivity index (χ0) is 22.4. The Hall–Kier alpha value is -3.25. The van der Waals surface area contributed by atoms with Gasteiger partial charge in [0.15, 0.2) is 0 Å². The first-order valence-corrected chi connectivity index (χ1v) is 10.3. The fourth-order valence-corrected chi connectivity index (χ4v) is 3.50. The van der Waals surface area contributed by atoms with Gasteiger partial charge in [-0.2, -0.15) is 0 Å². The zero-order valence-electron chi connectivity index (χ0n) is 18.7. The Labute approximate surface area is 182 Å². The predicted octanol–water partition coefficient (Wildman–Crippen LogP) is 5.06. The maximum Gasteiger partial charge on any atom is 0.244 e. The van der Waals surface area contributed by atoms with Crippen LogP contribution >= 0.6 is 0 Å². The van der Waals surface area contributed by atoms with Crippen molar-refractivity contribution in [3.63, 3.8) is 0 Å². The Kier molecular flexibility index (Phi) is 7.36. The lowest BCUT2D eigenvalue weighted by atomic mass is 9.99. The summed E-state index contributed by atoms with van der Waals surface area (Å²) in [6.07, 6.45) is 3.32. The SMILES string of the molecule is CCOc1cc2occ(-c3cccc(OC)c3)c2cc1/C(C)=C/C(=O)NC(C)COC. The molecule has 0 fully saturated rings. The average molecular weight is 424 g/mol. The van der Waals surface area contributed by atoms with E-state index in [0.29, 0.717) is 19.0 Å². The fourth-order valence-electron chi connectivity index (χ4n) is 3.50. The van der Waals surface area contributed by atoms with E-state index in [2.05, 4.69) is 5.32 Å². The van der Waals surface area contributed by atoms with E-state index in [0.717, 1.165) is 39.0 Å². The van der Waals surface area contributed by atoms with Crippen LogP contribution in [0.4, 0.5) is 0 Å². The molecular formula is C25H29NO5. The quantitative estimate of drug-likeness (QED) is 0.487. The van der Waals surface area contributed by atoms with Gasteiger partial charge in [0.2, 0.25) is 5.91 Å². The van der Waals surface area contributed by atoms with Gasteiger partial charge in [0.25, 0.3) is 0 Å². The summed E-state index contributed by atoms with van der Waals surface area (Å²) in [6.45, 7) is 6.68. The number of amides is 1. The standard InChI is InChI=1S/C25H29NO5/c1-6-30-23-13-24-21(22(15-31-24)18-8-7-9-19(11-18)29-5)12-20(23)16(2)10-25(27)26-17(3)14-28-4/h7-13,15,17H,6,14H2,1-5H3,(H,26,27)/b16-10+. The molecule has 1 unspecified atom stereocenters. The molecule has 1 aromatic heterocycles. The number of allylic oxidation sites excluding steroid dienone is 1. The first-order chi connectivity index (χ1) is 15.0. The lowest BCUT2D eigenvalue weighted by molar-refractivity contribution is -0.117. The van der Waals surface area contributed by atoms with Gasteiger partial charge in [-0.1, -0.05) is 12.1 Å². The summed E-state index contributed by atoms with van der Waals surface area (Å²) in [6, 6.07) is 11.6. The number of furan rings is 1. The molecule has 2 aromatic carbocycles. The number of rotatable bonds is 9. The molecule has 0 aliphatic rings. The molecule has 0 spiro atoms. The van der Waals surface area contributed by atoms with Crippen LogP contribution in [0.3, 0.4) is 0 Å². The van der Waals surface area contributed by atoms with Crippen molar-refractivity contribution in [2.24, 2.45) is 0 Å². The second-order valence-corrected chi connectivity index (χ2v) is 7.35. The van der Waals surface area contributed by atoms with Gasteiger partial charge >= 0.3 is 0 Å². The largest absolute Gasteiger partial charge is 0.497 e. The maximum atomic E-state index is 12.4. The first kappa shape index (κ1) is 22.4. The third kappa shape index (κ3) is 5.27. The molecule has 0 bridgehead atoms. The Morgan fingerprint density at radius 3 is 2.74 bits per heavy atom. The van der Waals surface area contributed by atoms with Crippen molar-refractivity contribution in [1.29, 1.82) is 0 Å². The molecule has 3 rings (SSSR count). The number of hydrogen-bond donors (Lipinski definition) is 1. The van der Waals surface area contributed by atoms with Gasteiger partial charge in [0.05, 0.1) is 26.6 Å². The normalized spacial score (nSPS) is 12.6. The van der Waals surface area contributed by atoms with Crippen LogP contribution in [-0.4, -0.2) is 39.4 Å². The molecule has 0 radical (unpaired) electrons. The van der Waals surface area contributed by atoms with Crippen LogP contribution in [0.1, 0.15) is 26.3 Å². The van der Waals surface area contributed by atoms with Crippen LogP contribution in [0.5, 0.6) is 11.5 Å². The van der Waals surface area contributed by atoms with Gasteiger partial charge in [-0.15, -0.1) is 0 Å². The van der Waals surface area contributed by atoms with E-state index in [1.807, 2.05) is 57.2 Å². The summed E-state index contributed by atoms with van der Waals surface area (Å²) in [4.78, 5) is 12.4. The van der Waals surface area contributed by atoms with Crippen molar-refractivity contribution in [2.75, 3.05) is 27.4 Å². The highest BCUT2D eigenvalue weighted by atomic mass is 16.5. The second kappa shape index (κ2) is 10.2. The Morgan fingerprint density at radius 2 is 2.03 bits per heavy atom. The monoisotopic (exact) mass is 423 g/mol. The molecule has 1 N–H and O–H groups in total. The number of fused-ring (bicyclic) bond motifs is 1. The van der Waals surface area contributed by atoms with Gasteiger partial charge in [0.1, 0.15) is 17.1 Å². The van der Waals surface area contributed by atoms with E-state index < -0.39 is 0 Å². The third-order valence-corrected chi connectivity index (χ3v) is 4.93. The van der Waals surface area contributed by atoms with Crippen molar-refractivity contribution < 1.29 is 23.4 Å². The van der Waals surface area contributed by atoms with Crippen LogP contribution in [0.2, 0.25) is 0 Å². The summed E-state index contributed by atoms with van der Waals surface area (Å²) >= 11 is 0. The zero-order valence-corrected chi connectivity index (χ0v) is 18.7. The van der Waals surface area contributed by atoms with Crippen molar-refractivity contribution >= 4 is 22.4 Å². The van der Waals surface area contributed by atoms with Crippen LogP contribution in [-0.2, 0) is 9.53 Å². The molecular weight excluding hydrogens is 394 g/mol. The Bertz CT molecular complexity index is 1080. The molecule has 6 nitrogen and oxygen atoms in total. The third-order valence-electron chi connectivity index (χ3n) is 4.93. The molecule has 31 heavy (non-hydrogen) atoms. The Balaban J connectivity index is 2.03. The number of methoxy groups -OCH3 is 2. The van der Waals surface area contributed by atoms with E-state index in [1.54, 1.807) is 26.6 Å². The average Bonchev–Trinajstić information content (AvgIpc) is 3.16. The van der Waals surface area contributed by atoms with Crippen molar-refractivity contribution in [1.82, 2.24) is 5.32 Å². The molecule has 164 valence electrons. The van der Waals surface area contributed by atoms with Gasteiger partial charge in [-0.05, 0) is 50.1 Å². The number of carbonyl (C=O) groups excluding carboxylic acids is 1. The van der Waals surface area contributed by atoms with E-state index >= 15 is 0 Å². The number of benzene rings is 2. The van der Waals surface area contributed by atoms with Crippen molar-refractivity contribution in [2.45, 2.75) is 26.8 Å². The van der Waals surface area contributed by atoms with Crippen molar-refractivity contribution in [3.05, 3.63) is 54.3 Å². The topological polar surface area (TPSA) is 69.9 Å². The minimum Gasteiger partial charge on any atom is -0.497 e. The van der Waals surface area contributed by atoms with E-state index in [-0.39, 0.29) is 11.9 Å². The van der Waals surface area contributed by atoms with Gasteiger partial charge in [0, 0.05) is 41.8 Å². The predicted molar refractivity (Wildman–Crippen MR) is 123 cm³/mol. The van der Waals surface area contributed by atoms with E-state index in [4.69, 9.17) is 18.6 Å². The number of ether oxygens (including phenoxy) is 3. The number of nitrogens with one attached hydrogen (secondary N) is 1. The van der Waals surface area contributed by atoms with Crippen LogP contribution in [0.25, 0.3) is 27.7 Å². The molecule has 1 amide bonds. The number of carbonyl (C=O) groups is 1. The van der Waals surface area contributed by atoms with Gasteiger partial charge < -0.3 is 23.9 Å². The second-order valence-electron chi connectivity index (χ2n) is 7.35. The van der Waals surface area contributed by atoms with E-state index in [1.165, 1.54) is 0 Å². The maximum absolute atomic E-state index is 12.4. The van der Waals surface area contributed by atoms with Gasteiger partial charge in [-0.3, -0.25) is 4.79 Å². The van der Waals surface area contributed by atoms with Crippen molar-refractivity contribution in [3.8, 4) is 22.6 Å². The summed E-state index contributed by atoms with van der Waals surface area (Å²) in [7, 11) is 3.25. The lowest BCUT2D eigenvalue weighted by Crippen LogP contribution is -2.34. The molecule has 0 aliphatic carbocycles. The lowest BCUT2D eigenvalue weighted by Gasteiger charge is -2.13. The summed E-state index contributed by atoms with van der Waals surface area (Å²) in [5.74, 6) is 1.27. The molecule has 0 saturated carbocycles. The van der Waals surface area contributed by atoms with Crippen LogP contribution in [0.15, 0.2) is 53.2 Å². The summed E-state index contributed by atoms with van der Waals surface area (Å²) < 4.78 is 22.1. The van der Waals surface area contributed by atoms with Gasteiger partial charge in [-0.25, -0.2) is 0 Å². The molecule has 3 aromatic rings. The fraction of sp³-hybridized carbons (Fsp3) is 0.320. The minimum atomic E-state index is -0.176. The van der Waals surface area contributed by atoms with Crippen LogP contribution in [0, 0.1) is 0 Å². The van der Waals surface area contributed by atoms with E-state index in [9.17, 15) is 4.79 Å². The highest BCUT2D eigenvalue weighted by Crippen LogP contribution is 2.38. The highest BCUT2D eigenvalue weighted by molar-refractivity contribution is 6.00. The number of hydrogen-bond acceptors (Lipinski definition) is 5. The molecule has 0 saturated heterocycles. The minimum absolute atomic E-state index is 0.0797. The summed E-state index contributed by atoms with van der Waals surface area (Å²) in [5.41, 5.74) is 4.29. The molecule has 6 heteroatoms. The molecule has 1 heterocycles. The Morgan fingerprint density at radius 1 is 1.23 bits per heavy atom. The molecule has 0 aliphatic heterocycles. The highest BCUT2D eigenvalue weighted by Gasteiger charge is 2.16. The summed E-state index contributed by atoms with van der Waals surface area (Å²) in [5, 5.41) is 3.84. The van der Waals surface area contributed by atoms with Crippen LogP contribution < -0.4 is 14.8 Å². The molecule has 1 atom stereocenters.